The van der Waals surface area contributed by atoms with Gasteiger partial charge in [0.05, 0.1) is 0 Å². The highest BCUT2D eigenvalue weighted by Crippen LogP contribution is 2.23. The molecule has 0 radical (unpaired) electrons. The Labute approximate surface area is 182 Å². The highest BCUT2D eigenvalue weighted by Gasteiger charge is 2.14. The quantitative estimate of drug-likeness (QED) is 0.461. The lowest BCUT2D eigenvalue weighted by molar-refractivity contribution is 0.0680. The summed E-state index contributed by atoms with van der Waals surface area (Å²) in [6.07, 6.45) is 1.11. The third-order valence-electron chi connectivity index (χ3n) is 4.52. The highest BCUT2D eigenvalue weighted by molar-refractivity contribution is 5.94. The summed E-state index contributed by atoms with van der Waals surface area (Å²) in [5, 5.41) is 18.7. The van der Waals surface area contributed by atoms with Crippen LogP contribution in [0.15, 0.2) is 60.7 Å². The van der Waals surface area contributed by atoms with Crippen LogP contribution in [0.3, 0.4) is 0 Å². The molecule has 0 aliphatic heterocycles. The van der Waals surface area contributed by atoms with Crippen LogP contribution in [0, 0.1) is 0 Å². The minimum Gasteiger partial charge on any atom is -0.488 e. The fourth-order valence-corrected chi connectivity index (χ4v) is 2.96. The van der Waals surface area contributed by atoms with Gasteiger partial charge < -0.3 is 19.7 Å². The van der Waals surface area contributed by atoms with Crippen molar-refractivity contribution < 1.29 is 38.9 Å². The molecule has 0 aliphatic rings. The first-order chi connectivity index (χ1) is 15.4. The second-order valence-corrected chi connectivity index (χ2v) is 6.75. The zero-order chi connectivity index (χ0) is 23.1. The molecule has 0 fully saturated rings. The number of carboxylic acids is 2. The molecule has 0 aliphatic carbocycles. The summed E-state index contributed by atoms with van der Waals surface area (Å²) >= 11 is 0. The Morgan fingerprint density at radius 2 is 1.12 bits per heavy atom. The van der Waals surface area contributed by atoms with E-state index in [1.807, 2.05) is 0 Å². The molecule has 0 saturated heterocycles. The van der Waals surface area contributed by atoms with Crippen molar-refractivity contribution in [3.05, 3.63) is 94.0 Å². The summed E-state index contributed by atoms with van der Waals surface area (Å²) in [7, 11) is 0. The van der Waals surface area contributed by atoms with Gasteiger partial charge in [-0.3, -0.25) is 9.59 Å². The number of rotatable bonds is 10. The number of carbonyl (C=O) groups is 4. The Morgan fingerprint density at radius 3 is 1.50 bits per heavy atom. The number of carbonyl (C=O) groups excluding carboxylic acids is 2. The largest absolute Gasteiger partial charge is 0.488 e. The van der Waals surface area contributed by atoms with Crippen LogP contribution < -0.4 is 9.47 Å². The number of ether oxygens (including phenoxy) is 2. The first kappa shape index (κ1) is 22.2. The average molecular weight is 434 g/mol. The normalized spacial score (nSPS) is 10.2. The van der Waals surface area contributed by atoms with Gasteiger partial charge >= 0.3 is 11.9 Å². The van der Waals surface area contributed by atoms with Gasteiger partial charge in [0.2, 0.25) is 0 Å². The first-order valence-corrected chi connectivity index (χ1v) is 9.39. The maximum absolute atomic E-state index is 11.4. The third kappa shape index (κ3) is 5.37. The maximum atomic E-state index is 11.4. The van der Waals surface area contributed by atoms with E-state index < -0.39 is 11.9 Å². The van der Waals surface area contributed by atoms with Gasteiger partial charge in [-0.1, -0.05) is 18.2 Å². The molecule has 3 rings (SSSR count). The van der Waals surface area contributed by atoms with Gasteiger partial charge in [0.1, 0.15) is 48.4 Å². The topological polar surface area (TPSA) is 127 Å². The van der Waals surface area contributed by atoms with Crippen LogP contribution in [0.1, 0.15) is 52.6 Å². The molecule has 3 aromatic carbocycles. The van der Waals surface area contributed by atoms with Crippen LogP contribution in [0.2, 0.25) is 0 Å². The van der Waals surface area contributed by atoms with Gasteiger partial charge in [-0.15, -0.1) is 0 Å². The van der Waals surface area contributed by atoms with E-state index in [-0.39, 0.29) is 47.0 Å². The number of hydrogen-bond donors (Lipinski definition) is 2. The summed E-state index contributed by atoms with van der Waals surface area (Å²) in [4.78, 5) is 44.6. The van der Waals surface area contributed by atoms with E-state index in [2.05, 4.69) is 0 Å². The second kappa shape index (κ2) is 10.0. The van der Waals surface area contributed by atoms with E-state index in [0.29, 0.717) is 12.6 Å². The van der Waals surface area contributed by atoms with Crippen molar-refractivity contribution in [1.29, 1.82) is 0 Å². The highest BCUT2D eigenvalue weighted by atomic mass is 16.5. The van der Waals surface area contributed by atoms with Gasteiger partial charge in [-0.05, 0) is 53.6 Å². The van der Waals surface area contributed by atoms with E-state index >= 15 is 0 Å². The van der Waals surface area contributed by atoms with Crippen LogP contribution in [0.5, 0.6) is 11.5 Å². The minimum atomic E-state index is -1.21. The maximum Gasteiger partial charge on any atom is 0.339 e. The molecule has 0 aromatic heterocycles. The number of carboxylic acid groups (broad SMARTS) is 2. The first-order valence-electron chi connectivity index (χ1n) is 9.39. The van der Waals surface area contributed by atoms with Gasteiger partial charge in [-0.2, -0.15) is 0 Å². The lowest BCUT2D eigenvalue weighted by Gasteiger charge is -2.12. The Morgan fingerprint density at radius 1 is 0.688 bits per heavy atom. The predicted octanol–water partition coefficient (Wildman–Crippen LogP) is 3.87. The zero-order valence-electron chi connectivity index (χ0n) is 16.7. The molecule has 2 N–H and O–H groups in total. The smallest absolute Gasteiger partial charge is 0.339 e. The molecule has 0 bridgehead atoms. The van der Waals surface area contributed by atoms with E-state index in [1.165, 1.54) is 36.4 Å². The Kier molecular flexibility index (Phi) is 6.97. The van der Waals surface area contributed by atoms with Crippen molar-refractivity contribution in [3.8, 4) is 11.5 Å². The molecule has 0 spiro atoms. The van der Waals surface area contributed by atoms with Crippen LogP contribution in [-0.4, -0.2) is 34.7 Å². The summed E-state index contributed by atoms with van der Waals surface area (Å²) in [5.41, 5.74) is 1.70. The van der Waals surface area contributed by atoms with Crippen molar-refractivity contribution in [2.24, 2.45) is 0 Å². The lowest BCUT2D eigenvalue weighted by Crippen LogP contribution is -2.06. The van der Waals surface area contributed by atoms with Gasteiger partial charge in [-0.25, -0.2) is 9.59 Å². The van der Waals surface area contributed by atoms with Crippen molar-refractivity contribution in [2.45, 2.75) is 13.2 Å². The van der Waals surface area contributed by atoms with Crippen molar-refractivity contribution in [1.82, 2.24) is 0 Å². The Balaban J connectivity index is 1.71. The summed E-state index contributed by atoms with van der Waals surface area (Å²) < 4.78 is 11.3. The molecule has 8 nitrogen and oxygen atoms in total. The SMILES string of the molecule is O=Cc1ccc(OCc2cccc(COc3ccc(C=O)cc3C(=O)O)c2)c(C(=O)O)c1. The van der Waals surface area contributed by atoms with Gasteiger partial charge in [0, 0.05) is 11.1 Å². The summed E-state index contributed by atoms with van der Waals surface area (Å²) in [6.45, 7) is 0.145. The van der Waals surface area contributed by atoms with Crippen molar-refractivity contribution >= 4 is 24.5 Å². The number of benzene rings is 3. The molecule has 0 heterocycles. The Hall–Kier alpha value is -4.46. The molecular formula is C24H18O8. The second-order valence-electron chi connectivity index (χ2n) is 6.75. The molecule has 162 valence electrons. The molecular weight excluding hydrogens is 416 g/mol. The predicted molar refractivity (Wildman–Crippen MR) is 113 cm³/mol. The van der Waals surface area contributed by atoms with E-state index in [0.717, 1.165) is 11.1 Å². The number of aromatic carboxylic acids is 2. The lowest BCUT2D eigenvalue weighted by atomic mass is 10.1. The summed E-state index contributed by atoms with van der Waals surface area (Å²) in [6, 6.07) is 15.4. The molecule has 0 amide bonds. The van der Waals surface area contributed by atoms with Crippen LogP contribution in [-0.2, 0) is 13.2 Å². The van der Waals surface area contributed by atoms with Crippen LogP contribution in [0.25, 0.3) is 0 Å². The minimum absolute atomic E-state index is 0.0724. The number of hydrogen-bond acceptors (Lipinski definition) is 6. The number of aldehydes is 2. The summed E-state index contributed by atoms with van der Waals surface area (Å²) in [5.74, 6) is -2.15. The van der Waals surface area contributed by atoms with E-state index in [9.17, 15) is 29.4 Å². The van der Waals surface area contributed by atoms with Gasteiger partial charge in [0.15, 0.2) is 0 Å². The van der Waals surface area contributed by atoms with Crippen molar-refractivity contribution in [3.63, 3.8) is 0 Å². The monoisotopic (exact) mass is 434 g/mol. The fraction of sp³-hybridized carbons (Fsp3) is 0.0833. The van der Waals surface area contributed by atoms with Gasteiger partial charge in [0.25, 0.3) is 0 Å². The molecule has 0 saturated carbocycles. The Bertz CT molecular complexity index is 1090. The zero-order valence-corrected chi connectivity index (χ0v) is 16.7. The molecule has 0 unspecified atom stereocenters. The third-order valence-corrected chi connectivity index (χ3v) is 4.52. The van der Waals surface area contributed by atoms with E-state index in [1.54, 1.807) is 24.3 Å². The fourth-order valence-electron chi connectivity index (χ4n) is 2.96. The average Bonchev–Trinajstić information content (AvgIpc) is 2.81. The standard InChI is InChI=1S/C24H18O8/c25-11-15-4-6-21(19(9-15)23(27)28)31-13-17-2-1-3-18(8-17)14-32-22-7-5-16(12-26)10-20(22)24(29)30/h1-12H,13-14H2,(H,27,28)(H,29,30). The molecule has 32 heavy (non-hydrogen) atoms. The van der Waals surface area contributed by atoms with Crippen LogP contribution >= 0.6 is 0 Å². The molecule has 3 aromatic rings. The van der Waals surface area contributed by atoms with Crippen LogP contribution in [0.4, 0.5) is 0 Å². The van der Waals surface area contributed by atoms with Crippen molar-refractivity contribution in [2.75, 3.05) is 0 Å². The molecule has 8 heteroatoms. The van der Waals surface area contributed by atoms with E-state index in [4.69, 9.17) is 9.47 Å². The molecule has 0 atom stereocenters.